The van der Waals surface area contributed by atoms with Gasteiger partial charge in [-0.15, -0.1) is 0 Å². The Morgan fingerprint density at radius 2 is 1.72 bits per heavy atom. The molecule has 2 aromatic rings. The van der Waals surface area contributed by atoms with Gasteiger partial charge < -0.3 is 4.74 Å². The van der Waals surface area contributed by atoms with Gasteiger partial charge in [-0.25, -0.2) is 4.39 Å². The smallest absolute Gasteiger partial charge is 0.193 e. The Morgan fingerprint density at radius 3 is 2.33 bits per heavy atom. The second-order valence-electron chi connectivity index (χ2n) is 3.69. The van der Waals surface area contributed by atoms with Crippen LogP contribution in [0.5, 0.6) is 5.75 Å². The monoisotopic (exact) mass is 308 g/mol. The molecule has 0 saturated carbocycles. The van der Waals surface area contributed by atoms with Crippen molar-refractivity contribution < 1.29 is 13.9 Å². The highest BCUT2D eigenvalue weighted by atomic mass is 79.9. The summed E-state index contributed by atoms with van der Waals surface area (Å²) in [4.78, 5) is 12.1. The van der Waals surface area contributed by atoms with E-state index in [9.17, 15) is 9.18 Å². The molecule has 2 aromatic carbocycles. The van der Waals surface area contributed by atoms with Gasteiger partial charge in [0.05, 0.1) is 7.11 Å². The molecule has 0 fully saturated rings. The Hall–Kier alpha value is -1.68. The van der Waals surface area contributed by atoms with Crippen molar-refractivity contribution in [3.05, 3.63) is 63.9 Å². The number of carbonyl (C=O) groups excluding carboxylic acids is 1. The normalized spacial score (nSPS) is 10.2. The van der Waals surface area contributed by atoms with Gasteiger partial charge in [-0.05, 0) is 42.5 Å². The lowest BCUT2D eigenvalue weighted by Gasteiger charge is -2.05. The second-order valence-corrected chi connectivity index (χ2v) is 4.60. The minimum Gasteiger partial charge on any atom is -0.494 e. The lowest BCUT2D eigenvalue weighted by atomic mass is 10.0. The van der Waals surface area contributed by atoms with Crippen LogP contribution < -0.4 is 4.74 Å². The first-order chi connectivity index (χ1) is 8.61. The molecule has 0 atom stereocenters. The van der Waals surface area contributed by atoms with Gasteiger partial charge in [-0.3, -0.25) is 4.79 Å². The molecule has 0 bridgehead atoms. The highest BCUT2D eigenvalue weighted by molar-refractivity contribution is 9.10. The number of hydrogen-bond donors (Lipinski definition) is 0. The molecule has 2 nitrogen and oxygen atoms in total. The minimum absolute atomic E-state index is 0.0676. The summed E-state index contributed by atoms with van der Waals surface area (Å²) >= 11 is 3.30. The molecular weight excluding hydrogens is 299 g/mol. The zero-order chi connectivity index (χ0) is 13.1. The van der Waals surface area contributed by atoms with Crippen molar-refractivity contribution in [2.24, 2.45) is 0 Å². The van der Waals surface area contributed by atoms with E-state index in [0.717, 1.165) is 4.47 Å². The van der Waals surface area contributed by atoms with Crippen LogP contribution in [0.4, 0.5) is 4.39 Å². The number of carbonyl (C=O) groups is 1. The Labute approximate surface area is 113 Å². The summed E-state index contributed by atoms with van der Waals surface area (Å²) in [6.07, 6.45) is 0. The number of halogens is 2. The van der Waals surface area contributed by atoms with Crippen molar-refractivity contribution >= 4 is 21.7 Å². The van der Waals surface area contributed by atoms with Crippen molar-refractivity contribution in [1.29, 1.82) is 0 Å². The number of ketones is 1. The first-order valence-electron chi connectivity index (χ1n) is 5.25. The van der Waals surface area contributed by atoms with E-state index < -0.39 is 5.82 Å². The quantitative estimate of drug-likeness (QED) is 0.806. The fraction of sp³-hybridized carbons (Fsp3) is 0.0714. The molecule has 92 valence electrons. The average Bonchev–Trinajstić information content (AvgIpc) is 2.39. The maximum atomic E-state index is 13.2. The minimum atomic E-state index is -0.482. The molecular formula is C14H10BrFO2. The zero-order valence-electron chi connectivity index (χ0n) is 9.61. The van der Waals surface area contributed by atoms with Gasteiger partial charge in [-0.2, -0.15) is 0 Å². The van der Waals surface area contributed by atoms with Crippen LogP contribution in [-0.2, 0) is 0 Å². The van der Waals surface area contributed by atoms with Crippen LogP contribution in [0.1, 0.15) is 15.9 Å². The lowest BCUT2D eigenvalue weighted by molar-refractivity contribution is 0.103. The third kappa shape index (κ3) is 2.59. The Bertz CT molecular complexity index is 579. The van der Waals surface area contributed by atoms with Crippen LogP contribution in [0.2, 0.25) is 0 Å². The molecule has 2 rings (SSSR count). The summed E-state index contributed by atoms with van der Waals surface area (Å²) in [5.74, 6) is -0.580. The second kappa shape index (κ2) is 5.31. The van der Waals surface area contributed by atoms with Gasteiger partial charge in [-0.1, -0.05) is 15.9 Å². The fourth-order valence-corrected chi connectivity index (χ4v) is 1.83. The molecule has 0 N–H and O–H groups in total. The van der Waals surface area contributed by atoms with Gasteiger partial charge in [0.1, 0.15) is 0 Å². The largest absolute Gasteiger partial charge is 0.494 e. The van der Waals surface area contributed by atoms with Crippen molar-refractivity contribution in [2.75, 3.05) is 7.11 Å². The van der Waals surface area contributed by atoms with Gasteiger partial charge in [0.25, 0.3) is 0 Å². The predicted octanol–water partition coefficient (Wildman–Crippen LogP) is 3.83. The molecule has 0 aliphatic rings. The number of ether oxygens (including phenoxy) is 1. The lowest BCUT2D eigenvalue weighted by Crippen LogP contribution is -2.02. The van der Waals surface area contributed by atoms with Crippen LogP contribution in [0.15, 0.2) is 46.9 Å². The van der Waals surface area contributed by atoms with Gasteiger partial charge in [0.2, 0.25) is 0 Å². The molecule has 0 aromatic heterocycles. The number of hydrogen-bond acceptors (Lipinski definition) is 2. The van der Waals surface area contributed by atoms with E-state index in [0.29, 0.717) is 11.1 Å². The Morgan fingerprint density at radius 1 is 1.11 bits per heavy atom. The van der Waals surface area contributed by atoms with Gasteiger partial charge >= 0.3 is 0 Å². The van der Waals surface area contributed by atoms with E-state index in [1.54, 1.807) is 24.3 Å². The molecule has 0 unspecified atom stereocenters. The third-order valence-electron chi connectivity index (χ3n) is 2.52. The average molecular weight is 309 g/mol. The first kappa shape index (κ1) is 12.8. The maximum Gasteiger partial charge on any atom is 0.193 e. The van der Waals surface area contributed by atoms with Crippen LogP contribution in [-0.4, -0.2) is 12.9 Å². The molecule has 4 heteroatoms. The van der Waals surface area contributed by atoms with Crippen LogP contribution in [0.25, 0.3) is 0 Å². The van der Waals surface area contributed by atoms with E-state index in [1.807, 2.05) is 0 Å². The number of rotatable bonds is 3. The van der Waals surface area contributed by atoms with E-state index in [-0.39, 0.29) is 11.5 Å². The summed E-state index contributed by atoms with van der Waals surface area (Å²) in [5.41, 5.74) is 0.947. The third-order valence-corrected chi connectivity index (χ3v) is 3.05. The van der Waals surface area contributed by atoms with Gasteiger partial charge in [0.15, 0.2) is 17.3 Å². The molecule has 0 aliphatic heterocycles. The van der Waals surface area contributed by atoms with E-state index in [2.05, 4.69) is 15.9 Å². The van der Waals surface area contributed by atoms with Crippen LogP contribution in [0.3, 0.4) is 0 Å². The van der Waals surface area contributed by atoms with Crippen molar-refractivity contribution in [3.8, 4) is 5.75 Å². The Balaban J connectivity index is 2.37. The topological polar surface area (TPSA) is 26.3 Å². The maximum absolute atomic E-state index is 13.2. The van der Waals surface area contributed by atoms with Crippen molar-refractivity contribution in [2.45, 2.75) is 0 Å². The standard InChI is InChI=1S/C14H10BrFO2/c1-18-13-8-10(4-7-12(13)16)14(17)9-2-5-11(15)6-3-9/h2-8H,1H3. The van der Waals surface area contributed by atoms with Crippen molar-refractivity contribution in [1.82, 2.24) is 0 Å². The molecule has 0 heterocycles. The van der Waals surface area contributed by atoms with E-state index >= 15 is 0 Å². The fourth-order valence-electron chi connectivity index (χ4n) is 1.57. The first-order valence-corrected chi connectivity index (χ1v) is 6.05. The summed E-state index contributed by atoms with van der Waals surface area (Å²) in [5, 5.41) is 0. The molecule has 0 radical (unpaired) electrons. The molecule has 0 spiro atoms. The molecule has 0 aliphatic carbocycles. The summed E-state index contributed by atoms with van der Waals surface area (Å²) in [6, 6.07) is 11.1. The highest BCUT2D eigenvalue weighted by Gasteiger charge is 2.12. The molecule has 0 saturated heterocycles. The predicted molar refractivity (Wildman–Crippen MR) is 70.5 cm³/mol. The van der Waals surface area contributed by atoms with Crippen molar-refractivity contribution in [3.63, 3.8) is 0 Å². The summed E-state index contributed by atoms with van der Waals surface area (Å²) in [7, 11) is 1.37. The van der Waals surface area contributed by atoms with Crippen LogP contribution >= 0.6 is 15.9 Å². The zero-order valence-corrected chi connectivity index (χ0v) is 11.2. The highest BCUT2D eigenvalue weighted by Crippen LogP contribution is 2.21. The SMILES string of the molecule is COc1cc(C(=O)c2ccc(Br)cc2)ccc1F. The molecule has 0 amide bonds. The summed E-state index contributed by atoms with van der Waals surface area (Å²) < 4.78 is 19.0. The number of benzene rings is 2. The van der Waals surface area contributed by atoms with E-state index in [4.69, 9.17) is 4.74 Å². The number of methoxy groups -OCH3 is 1. The van der Waals surface area contributed by atoms with Crippen LogP contribution in [0, 0.1) is 5.82 Å². The summed E-state index contributed by atoms with van der Waals surface area (Å²) in [6.45, 7) is 0. The molecule has 18 heavy (non-hydrogen) atoms. The van der Waals surface area contributed by atoms with E-state index in [1.165, 1.54) is 25.3 Å². The Kier molecular flexibility index (Phi) is 3.77. The van der Waals surface area contributed by atoms with Gasteiger partial charge in [0, 0.05) is 15.6 Å².